The number of anilines is 2. The molecular weight excluding hydrogens is 336 g/mol. The quantitative estimate of drug-likeness (QED) is 0.630. The lowest BCUT2D eigenvalue weighted by Gasteiger charge is -2.29. The largest absolute Gasteiger partial charge is 0.481 e. The number of aryl methyl sites for hydroxylation is 1. The summed E-state index contributed by atoms with van der Waals surface area (Å²) >= 11 is 0. The summed E-state index contributed by atoms with van der Waals surface area (Å²) in [5, 5.41) is 11.5. The van der Waals surface area contributed by atoms with Crippen LogP contribution in [0.25, 0.3) is 0 Å². The zero-order valence-corrected chi connectivity index (χ0v) is 14.2. The van der Waals surface area contributed by atoms with Crippen molar-refractivity contribution in [1.82, 2.24) is 0 Å². The van der Waals surface area contributed by atoms with E-state index in [-0.39, 0.29) is 25.4 Å². The van der Waals surface area contributed by atoms with Crippen molar-refractivity contribution in [3.63, 3.8) is 0 Å². The molecule has 3 rings (SSSR count). The molecule has 2 N–H and O–H groups in total. The van der Waals surface area contributed by atoms with Gasteiger partial charge in [0.1, 0.15) is 6.54 Å². The fourth-order valence-corrected chi connectivity index (χ4v) is 2.75. The number of carbonyl (C=O) groups excluding carboxylic acids is 2. The van der Waals surface area contributed by atoms with E-state index in [9.17, 15) is 14.4 Å². The number of aliphatic carboxylic acids is 1. The molecule has 0 aromatic heterocycles. The first-order valence-corrected chi connectivity index (χ1v) is 8.07. The second-order valence-corrected chi connectivity index (χ2v) is 6.12. The van der Waals surface area contributed by atoms with Crippen LogP contribution in [0.3, 0.4) is 0 Å². The summed E-state index contributed by atoms with van der Waals surface area (Å²) in [4.78, 5) is 36.4. The number of nitrogens with zero attached hydrogens (tertiary/aromatic N) is 1. The van der Waals surface area contributed by atoms with E-state index in [2.05, 4.69) is 5.32 Å². The summed E-state index contributed by atoms with van der Waals surface area (Å²) in [6.45, 7) is 1.93. The lowest BCUT2D eigenvalue weighted by Crippen LogP contribution is -2.41. The number of hydrogen-bond donors (Lipinski definition) is 2. The smallest absolute Gasteiger partial charge is 0.331 e. The summed E-state index contributed by atoms with van der Waals surface area (Å²) in [5.41, 5.74) is 2.92. The maximum Gasteiger partial charge on any atom is 0.331 e. The molecule has 1 aliphatic heterocycles. The Hall–Kier alpha value is -3.35. The summed E-state index contributed by atoms with van der Waals surface area (Å²) < 4.78 is 5.20. The Kier molecular flexibility index (Phi) is 4.88. The predicted molar refractivity (Wildman–Crippen MR) is 95.4 cm³/mol. The second kappa shape index (κ2) is 7.26. The average molecular weight is 354 g/mol. The van der Waals surface area contributed by atoms with Gasteiger partial charge in [-0.05, 0) is 42.3 Å². The number of ether oxygens (including phenoxy) is 1. The summed E-state index contributed by atoms with van der Waals surface area (Å²) in [5.74, 6) is -1.16. The minimum atomic E-state index is -0.910. The molecule has 0 saturated heterocycles. The maximum atomic E-state index is 12.3. The van der Waals surface area contributed by atoms with Gasteiger partial charge in [0, 0.05) is 5.69 Å². The van der Waals surface area contributed by atoms with Crippen LogP contribution >= 0.6 is 0 Å². The van der Waals surface area contributed by atoms with E-state index in [0.717, 1.165) is 5.56 Å². The van der Waals surface area contributed by atoms with E-state index in [1.807, 2.05) is 19.1 Å². The van der Waals surface area contributed by atoms with Gasteiger partial charge < -0.3 is 20.1 Å². The number of amides is 1. The molecule has 0 fully saturated rings. The van der Waals surface area contributed by atoms with Gasteiger partial charge in [0.25, 0.3) is 0 Å². The van der Waals surface area contributed by atoms with Crippen molar-refractivity contribution in [3.8, 4) is 5.75 Å². The first kappa shape index (κ1) is 17.5. The molecule has 0 atom stereocenters. The minimum absolute atomic E-state index is 0.00141. The highest BCUT2D eigenvalue weighted by Crippen LogP contribution is 2.32. The van der Waals surface area contributed by atoms with Crippen LogP contribution in [0.5, 0.6) is 5.75 Å². The average Bonchev–Trinajstić information content (AvgIpc) is 2.57. The molecule has 1 amide bonds. The molecule has 134 valence electrons. The number of nitrogens with one attached hydrogen (secondary N) is 1. The van der Waals surface area contributed by atoms with Crippen molar-refractivity contribution < 1.29 is 24.2 Å². The third-order valence-electron chi connectivity index (χ3n) is 3.93. The van der Waals surface area contributed by atoms with Crippen LogP contribution in [0.4, 0.5) is 11.4 Å². The number of rotatable bonds is 5. The van der Waals surface area contributed by atoms with Crippen molar-refractivity contribution in [2.45, 2.75) is 13.3 Å². The fraction of sp³-hybridized carbons (Fsp3) is 0.211. The molecule has 0 saturated carbocycles. The van der Waals surface area contributed by atoms with Crippen molar-refractivity contribution in [1.29, 1.82) is 0 Å². The molecule has 1 aliphatic rings. The molecular formula is C19H18N2O5. The third-order valence-corrected chi connectivity index (χ3v) is 3.93. The number of esters is 1. The highest BCUT2D eigenvalue weighted by molar-refractivity contribution is 5.96. The molecule has 26 heavy (non-hydrogen) atoms. The maximum absolute atomic E-state index is 12.3. The topological polar surface area (TPSA) is 95.9 Å². The molecule has 0 bridgehead atoms. The Morgan fingerprint density at radius 2 is 1.92 bits per heavy atom. The van der Waals surface area contributed by atoms with Crippen LogP contribution in [0.2, 0.25) is 0 Å². The number of carbonyl (C=O) groups is 3. The summed E-state index contributed by atoms with van der Waals surface area (Å²) in [7, 11) is 0. The first-order chi connectivity index (χ1) is 12.4. The standard InChI is InChI=1S/C19H18N2O5/c1-12-2-7-16-15(8-12)21(11-19(25)26-16)10-17(22)20-14-5-3-13(4-6-14)9-18(23)24/h2-8H,9-11H2,1H3,(H,20,22)(H,23,24). The number of carboxylic acids is 1. The molecule has 2 aromatic carbocycles. The van der Waals surface area contributed by atoms with E-state index in [1.54, 1.807) is 35.2 Å². The molecule has 7 heteroatoms. The Bertz CT molecular complexity index is 861. The van der Waals surface area contributed by atoms with E-state index in [4.69, 9.17) is 9.84 Å². The molecule has 2 aromatic rings. The van der Waals surface area contributed by atoms with E-state index in [1.165, 1.54) is 0 Å². The van der Waals surface area contributed by atoms with Gasteiger partial charge in [-0.1, -0.05) is 18.2 Å². The van der Waals surface area contributed by atoms with Crippen molar-refractivity contribution in [2.75, 3.05) is 23.3 Å². The van der Waals surface area contributed by atoms with Crippen LogP contribution in [0.15, 0.2) is 42.5 Å². The van der Waals surface area contributed by atoms with Crippen molar-refractivity contribution in [3.05, 3.63) is 53.6 Å². The fourth-order valence-electron chi connectivity index (χ4n) is 2.75. The Labute approximate surface area is 150 Å². The van der Waals surface area contributed by atoms with Crippen LogP contribution in [-0.4, -0.2) is 36.0 Å². The Morgan fingerprint density at radius 3 is 2.62 bits per heavy atom. The first-order valence-electron chi connectivity index (χ1n) is 8.07. The molecule has 0 spiro atoms. The summed E-state index contributed by atoms with van der Waals surface area (Å²) in [6.07, 6.45) is -0.0692. The van der Waals surface area contributed by atoms with Gasteiger partial charge in [-0.25, -0.2) is 4.79 Å². The van der Waals surface area contributed by atoms with Gasteiger partial charge in [-0.3, -0.25) is 9.59 Å². The molecule has 0 aliphatic carbocycles. The third kappa shape index (κ3) is 4.18. The lowest BCUT2D eigenvalue weighted by molar-refractivity contribution is -0.136. The van der Waals surface area contributed by atoms with Gasteiger partial charge in [-0.15, -0.1) is 0 Å². The normalized spacial score (nSPS) is 13.0. The monoisotopic (exact) mass is 354 g/mol. The Morgan fingerprint density at radius 1 is 1.19 bits per heavy atom. The summed E-state index contributed by atoms with van der Waals surface area (Å²) in [6, 6.07) is 12.0. The van der Waals surface area contributed by atoms with Gasteiger partial charge >= 0.3 is 11.9 Å². The van der Waals surface area contributed by atoms with Crippen LogP contribution in [0, 0.1) is 6.92 Å². The van der Waals surface area contributed by atoms with Gasteiger partial charge in [0.15, 0.2) is 5.75 Å². The number of fused-ring (bicyclic) bond motifs is 1. The Balaban J connectivity index is 1.68. The molecule has 7 nitrogen and oxygen atoms in total. The van der Waals surface area contributed by atoms with E-state index >= 15 is 0 Å². The second-order valence-electron chi connectivity index (χ2n) is 6.12. The zero-order valence-electron chi connectivity index (χ0n) is 14.2. The lowest BCUT2D eigenvalue weighted by atomic mass is 10.1. The van der Waals surface area contributed by atoms with Crippen LogP contribution in [0.1, 0.15) is 11.1 Å². The van der Waals surface area contributed by atoms with Crippen molar-refractivity contribution in [2.24, 2.45) is 0 Å². The van der Waals surface area contributed by atoms with Gasteiger partial charge in [0.05, 0.1) is 18.7 Å². The number of carboxylic acid groups (broad SMARTS) is 1. The molecule has 0 radical (unpaired) electrons. The van der Waals surface area contributed by atoms with E-state index < -0.39 is 11.9 Å². The van der Waals surface area contributed by atoms with Gasteiger partial charge in [0.2, 0.25) is 5.91 Å². The SMILES string of the molecule is Cc1ccc2c(c1)N(CC(=O)Nc1ccc(CC(=O)O)cc1)CC(=O)O2. The predicted octanol–water partition coefficient (Wildman–Crippen LogP) is 1.99. The van der Waals surface area contributed by atoms with Crippen molar-refractivity contribution >= 4 is 29.2 Å². The minimum Gasteiger partial charge on any atom is -0.481 e. The van der Waals surface area contributed by atoms with Gasteiger partial charge in [-0.2, -0.15) is 0 Å². The molecule has 0 unspecified atom stereocenters. The molecule has 1 heterocycles. The highest BCUT2D eigenvalue weighted by atomic mass is 16.5. The number of benzene rings is 2. The highest BCUT2D eigenvalue weighted by Gasteiger charge is 2.25. The zero-order chi connectivity index (χ0) is 18.7. The van der Waals surface area contributed by atoms with Crippen LogP contribution in [-0.2, 0) is 20.8 Å². The van der Waals surface area contributed by atoms with E-state index in [0.29, 0.717) is 22.7 Å². The van der Waals surface area contributed by atoms with Crippen LogP contribution < -0.4 is 15.0 Å². The number of hydrogen-bond acceptors (Lipinski definition) is 5.